The van der Waals surface area contributed by atoms with Crippen LogP contribution in [0.1, 0.15) is 36.1 Å². The Balaban J connectivity index is 1.90. The number of hydrogen-bond acceptors (Lipinski definition) is 4. The first-order chi connectivity index (χ1) is 8.66. The first-order valence-electron chi connectivity index (χ1n) is 6.28. The highest BCUT2D eigenvalue weighted by Crippen LogP contribution is 2.25. The topological polar surface area (TPSA) is 52.1 Å². The van der Waals surface area contributed by atoms with E-state index in [2.05, 4.69) is 29.0 Å². The molecule has 0 radical (unpaired) electrons. The molecule has 0 bridgehead atoms. The molecule has 1 aromatic rings. The molecular weight excluding hydrogens is 228 g/mol. The fraction of sp³-hybridized carbons (Fsp3) is 0.500. The fourth-order valence-electron chi connectivity index (χ4n) is 2.07. The molecule has 0 spiro atoms. The molecule has 1 heterocycles. The number of carbonyl (C=O) groups excluding carboxylic acids is 1. The average molecular weight is 246 g/mol. The van der Waals surface area contributed by atoms with Crippen molar-refractivity contribution in [1.29, 1.82) is 0 Å². The van der Waals surface area contributed by atoms with Crippen molar-refractivity contribution in [2.75, 3.05) is 6.61 Å². The molecule has 2 rings (SSSR count). The molecule has 0 saturated carbocycles. The van der Waals surface area contributed by atoms with Gasteiger partial charge in [0.1, 0.15) is 5.82 Å². The van der Waals surface area contributed by atoms with Gasteiger partial charge < -0.3 is 4.74 Å². The fourth-order valence-corrected chi connectivity index (χ4v) is 2.07. The van der Waals surface area contributed by atoms with Gasteiger partial charge in [0.15, 0.2) is 5.69 Å². The highest BCUT2D eigenvalue weighted by atomic mass is 16.5. The van der Waals surface area contributed by atoms with E-state index < -0.39 is 0 Å². The summed E-state index contributed by atoms with van der Waals surface area (Å²) < 4.78 is 5.33. The van der Waals surface area contributed by atoms with E-state index >= 15 is 0 Å². The summed E-state index contributed by atoms with van der Waals surface area (Å²) in [4.78, 5) is 19.8. The molecule has 0 fully saturated rings. The first kappa shape index (κ1) is 12.7. The Bertz CT molecular complexity index is 457. The van der Waals surface area contributed by atoms with Gasteiger partial charge in [-0.25, -0.2) is 14.8 Å². The summed E-state index contributed by atoms with van der Waals surface area (Å²) in [6, 6.07) is 1.58. The van der Waals surface area contributed by atoms with E-state index in [1.165, 1.54) is 0 Å². The zero-order valence-electron chi connectivity index (χ0n) is 10.8. The number of aromatic nitrogens is 2. The number of esters is 1. The number of ether oxygens (including phenoxy) is 1. The zero-order chi connectivity index (χ0) is 13.0. The molecule has 0 amide bonds. The third kappa shape index (κ3) is 3.15. The molecule has 4 nitrogen and oxygen atoms in total. The average Bonchev–Trinajstić information content (AvgIpc) is 2.37. The second-order valence-corrected chi connectivity index (χ2v) is 4.77. The summed E-state index contributed by atoms with van der Waals surface area (Å²) in [6.45, 7) is 4.41. The van der Waals surface area contributed by atoms with Gasteiger partial charge in [-0.05, 0) is 37.7 Å². The quantitative estimate of drug-likeness (QED) is 0.607. The van der Waals surface area contributed by atoms with Crippen LogP contribution in [-0.4, -0.2) is 22.5 Å². The molecule has 0 N–H and O–H groups in total. The highest BCUT2D eigenvalue weighted by molar-refractivity contribution is 5.87. The number of allylic oxidation sites excluding steroid dienone is 2. The SMILES string of the molecule is Cc1nccc(C(=O)OC[C@@H]2CC=CC[C@@H]2C)n1. The summed E-state index contributed by atoms with van der Waals surface area (Å²) in [5, 5.41) is 0. The molecule has 1 aliphatic rings. The molecule has 1 aromatic heterocycles. The van der Waals surface area contributed by atoms with Gasteiger partial charge in [0, 0.05) is 6.20 Å². The van der Waals surface area contributed by atoms with Crippen molar-refractivity contribution in [2.24, 2.45) is 11.8 Å². The maximum atomic E-state index is 11.8. The van der Waals surface area contributed by atoms with Gasteiger partial charge in [-0.3, -0.25) is 0 Å². The lowest BCUT2D eigenvalue weighted by atomic mass is 9.85. The zero-order valence-corrected chi connectivity index (χ0v) is 10.8. The minimum atomic E-state index is -0.359. The molecule has 0 saturated heterocycles. The number of hydrogen-bond donors (Lipinski definition) is 0. The van der Waals surface area contributed by atoms with Crippen molar-refractivity contribution < 1.29 is 9.53 Å². The number of rotatable bonds is 3. The lowest BCUT2D eigenvalue weighted by Gasteiger charge is -2.24. The molecular formula is C14H18N2O2. The number of nitrogens with zero attached hydrogens (tertiary/aromatic N) is 2. The van der Waals surface area contributed by atoms with Gasteiger partial charge >= 0.3 is 5.97 Å². The third-order valence-electron chi connectivity index (χ3n) is 3.33. The maximum Gasteiger partial charge on any atom is 0.357 e. The van der Waals surface area contributed by atoms with Crippen molar-refractivity contribution in [3.63, 3.8) is 0 Å². The third-order valence-corrected chi connectivity index (χ3v) is 3.33. The minimum Gasteiger partial charge on any atom is -0.461 e. The van der Waals surface area contributed by atoms with Crippen molar-refractivity contribution in [3.8, 4) is 0 Å². The van der Waals surface area contributed by atoms with E-state index in [0.717, 1.165) is 12.8 Å². The Hall–Kier alpha value is -1.71. The van der Waals surface area contributed by atoms with E-state index in [9.17, 15) is 4.79 Å². The molecule has 2 atom stereocenters. The van der Waals surface area contributed by atoms with Crippen LogP contribution < -0.4 is 0 Å². The van der Waals surface area contributed by atoms with Crippen molar-refractivity contribution in [3.05, 3.63) is 35.9 Å². The van der Waals surface area contributed by atoms with Gasteiger partial charge in [0.25, 0.3) is 0 Å². The predicted molar refractivity (Wildman–Crippen MR) is 68.1 cm³/mol. The van der Waals surface area contributed by atoms with E-state index in [4.69, 9.17) is 4.74 Å². The van der Waals surface area contributed by atoms with Crippen LogP contribution in [0.3, 0.4) is 0 Å². The lowest BCUT2D eigenvalue weighted by molar-refractivity contribution is 0.0388. The Morgan fingerprint density at radius 2 is 2.22 bits per heavy atom. The van der Waals surface area contributed by atoms with Gasteiger partial charge in [0.05, 0.1) is 6.61 Å². The Morgan fingerprint density at radius 3 is 2.94 bits per heavy atom. The molecule has 18 heavy (non-hydrogen) atoms. The molecule has 0 aliphatic heterocycles. The summed E-state index contributed by atoms with van der Waals surface area (Å²) in [7, 11) is 0. The second kappa shape index (κ2) is 5.76. The molecule has 0 unspecified atom stereocenters. The van der Waals surface area contributed by atoms with Crippen molar-refractivity contribution in [2.45, 2.75) is 26.7 Å². The highest BCUT2D eigenvalue weighted by Gasteiger charge is 2.20. The summed E-state index contributed by atoms with van der Waals surface area (Å²) >= 11 is 0. The van der Waals surface area contributed by atoms with Crippen molar-refractivity contribution in [1.82, 2.24) is 9.97 Å². The second-order valence-electron chi connectivity index (χ2n) is 4.77. The summed E-state index contributed by atoms with van der Waals surface area (Å²) in [5.41, 5.74) is 0.335. The van der Waals surface area contributed by atoms with Crippen LogP contribution in [0.2, 0.25) is 0 Å². The molecule has 96 valence electrons. The Morgan fingerprint density at radius 1 is 1.44 bits per heavy atom. The van der Waals surface area contributed by atoms with Crippen LogP contribution in [0, 0.1) is 18.8 Å². The largest absolute Gasteiger partial charge is 0.461 e. The van der Waals surface area contributed by atoms with Crippen molar-refractivity contribution >= 4 is 5.97 Å². The lowest BCUT2D eigenvalue weighted by Crippen LogP contribution is -2.22. The monoisotopic (exact) mass is 246 g/mol. The van der Waals surface area contributed by atoms with E-state index in [-0.39, 0.29) is 5.97 Å². The minimum absolute atomic E-state index is 0.335. The van der Waals surface area contributed by atoms with Crippen LogP contribution in [0.5, 0.6) is 0 Å². The first-order valence-corrected chi connectivity index (χ1v) is 6.28. The van der Waals surface area contributed by atoms with Gasteiger partial charge in [-0.2, -0.15) is 0 Å². The summed E-state index contributed by atoms with van der Waals surface area (Å²) in [5.74, 6) is 1.21. The molecule has 0 aromatic carbocycles. The maximum absolute atomic E-state index is 11.8. The normalized spacial score (nSPS) is 22.8. The number of aryl methyl sites for hydroxylation is 1. The summed E-state index contributed by atoms with van der Waals surface area (Å²) in [6.07, 6.45) is 7.97. The van der Waals surface area contributed by atoms with Crippen LogP contribution in [0.4, 0.5) is 0 Å². The number of carbonyl (C=O) groups is 1. The van der Waals surface area contributed by atoms with Gasteiger partial charge in [0.2, 0.25) is 0 Å². The molecule has 4 heteroatoms. The van der Waals surface area contributed by atoms with Crippen LogP contribution in [0.15, 0.2) is 24.4 Å². The van der Waals surface area contributed by atoms with E-state index in [1.54, 1.807) is 19.2 Å². The van der Waals surface area contributed by atoms with E-state index in [1.807, 2.05) is 0 Å². The predicted octanol–water partition coefficient (Wildman–Crippen LogP) is 2.54. The van der Waals surface area contributed by atoms with E-state index in [0.29, 0.717) is 30.0 Å². The molecule has 1 aliphatic carbocycles. The smallest absolute Gasteiger partial charge is 0.357 e. The van der Waals surface area contributed by atoms with Crippen LogP contribution in [0.25, 0.3) is 0 Å². The standard InChI is InChI=1S/C14H18N2O2/c1-10-5-3-4-6-12(10)9-18-14(17)13-7-8-15-11(2)16-13/h3-4,7-8,10,12H,5-6,9H2,1-2H3/t10-,12-/m0/s1. The van der Waals surface area contributed by atoms with Crippen LogP contribution >= 0.6 is 0 Å². The van der Waals surface area contributed by atoms with Gasteiger partial charge in [-0.15, -0.1) is 0 Å². The Labute approximate surface area is 107 Å². The van der Waals surface area contributed by atoms with Crippen LogP contribution in [-0.2, 0) is 4.74 Å². The van der Waals surface area contributed by atoms with Gasteiger partial charge in [-0.1, -0.05) is 19.1 Å². The Kier molecular flexibility index (Phi) is 4.07.